The largest absolute Gasteiger partial charge is 0.479 e. The molecular weight excluding hydrogens is 188 g/mol. The van der Waals surface area contributed by atoms with Gasteiger partial charge in [-0.1, -0.05) is 12.2 Å². The summed E-state index contributed by atoms with van der Waals surface area (Å²) in [5, 5.41) is 8.21. The van der Waals surface area contributed by atoms with Gasteiger partial charge in [0.15, 0.2) is 6.61 Å². The van der Waals surface area contributed by atoms with Crippen molar-refractivity contribution in [1.82, 2.24) is 0 Å². The molecule has 0 fully saturated rings. The summed E-state index contributed by atoms with van der Waals surface area (Å²) in [7, 11) is 0. The Kier molecular flexibility index (Phi) is 5.50. The van der Waals surface area contributed by atoms with Crippen molar-refractivity contribution in [3.05, 3.63) is 12.2 Å². The van der Waals surface area contributed by atoms with Crippen LogP contribution < -0.4 is 11.5 Å². The minimum Gasteiger partial charge on any atom is -0.479 e. The number of hydrogen-bond donors (Lipinski definition) is 3. The molecule has 0 bridgehead atoms. The average molecular weight is 202 g/mol. The Hall–Kier alpha value is -1.40. The van der Waals surface area contributed by atoms with Gasteiger partial charge in [-0.15, -0.1) is 0 Å². The summed E-state index contributed by atoms with van der Waals surface area (Å²) >= 11 is 0. The van der Waals surface area contributed by atoms with Crippen LogP contribution in [0.3, 0.4) is 0 Å². The van der Waals surface area contributed by atoms with Gasteiger partial charge in [0.2, 0.25) is 0 Å². The summed E-state index contributed by atoms with van der Waals surface area (Å²) in [5.41, 5.74) is 10.7. The van der Waals surface area contributed by atoms with Crippen LogP contribution in [-0.4, -0.2) is 35.7 Å². The fourth-order valence-corrected chi connectivity index (χ4v) is 0.603. The van der Waals surface area contributed by atoms with E-state index in [0.29, 0.717) is 0 Å². The molecule has 6 heteroatoms. The van der Waals surface area contributed by atoms with Crippen LogP contribution in [0.1, 0.15) is 6.92 Å². The summed E-state index contributed by atoms with van der Waals surface area (Å²) in [6, 6.07) is -1.19. The van der Waals surface area contributed by atoms with Crippen molar-refractivity contribution in [2.24, 2.45) is 11.5 Å². The van der Waals surface area contributed by atoms with Crippen LogP contribution >= 0.6 is 0 Å². The summed E-state index contributed by atoms with van der Waals surface area (Å²) in [5.74, 6) is -2.01. The second kappa shape index (κ2) is 6.11. The van der Waals surface area contributed by atoms with Crippen LogP contribution in [0.15, 0.2) is 12.2 Å². The highest BCUT2D eigenvalue weighted by Crippen LogP contribution is 1.90. The Bertz CT molecular complexity index is 237. The Morgan fingerprint density at radius 1 is 1.43 bits per heavy atom. The van der Waals surface area contributed by atoms with Gasteiger partial charge >= 0.3 is 11.9 Å². The standard InChI is InChI=1S/C8H14N2O4/c1-5(9)2-3-6(10)8(13)14-4-7(11)12/h2-3,5-6H,4,9-10H2,1H3,(H,11,12)/b3-2-. The number of ether oxygens (including phenoxy) is 1. The van der Waals surface area contributed by atoms with E-state index < -0.39 is 24.6 Å². The molecule has 0 saturated carbocycles. The number of rotatable bonds is 5. The van der Waals surface area contributed by atoms with Crippen molar-refractivity contribution in [2.45, 2.75) is 19.0 Å². The SMILES string of the molecule is CC(N)/C=C\C(N)C(=O)OCC(=O)O. The molecule has 80 valence electrons. The first-order valence-corrected chi connectivity index (χ1v) is 4.01. The molecule has 0 rings (SSSR count). The first kappa shape index (κ1) is 12.6. The molecule has 0 heterocycles. The highest BCUT2D eigenvalue weighted by Gasteiger charge is 2.12. The van der Waals surface area contributed by atoms with Gasteiger partial charge in [-0.25, -0.2) is 4.79 Å². The fourth-order valence-electron chi connectivity index (χ4n) is 0.603. The molecule has 0 aliphatic heterocycles. The van der Waals surface area contributed by atoms with Gasteiger partial charge in [0.05, 0.1) is 0 Å². The summed E-state index contributed by atoms with van der Waals surface area (Å²) < 4.78 is 4.34. The van der Waals surface area contributed by atoms with Gasteiger partial charge in [-0.2, -0.15) is 0 Å². The van der Waals surface area contributed by atoms with Crippen molar-refractivity contribution in [3.63, 3.8) is 0 Å². The Morgan fingerprint density at radius 3 is 2.43 bits per heavy atom. The third-order valence-electron chi connectivity index (χ3n) is 1.23. The number of carbonyl (C=O) groups excluding carboxylic acids is 1. The van der Waals surface area contributed by atoms with Gasteiger partial charge in [0, 0.05) is 6.04 Å². The predicted molar refractivity (Wildman–Crippen MR) is 49.4 cm³/mol. The van der Waals surface area contributed by atoms with E-state index in [-0.39, 0.29) is 6.04 Å². The molecule has 0 aliphatic rings. The van der Waals surface area contributed by atoms with Crippen LogP contribution in [0.2, 0.25) is 0 Å². The Morgan fingerprint density at radius 2 is 2.00 bits per heavy atom. The molecule has 5 N–H and O–H groups in total. The molecule has 0 amide bonds. The molecule has 2 atom stereocenters. The van der Waals surface area contributed by atoms with Crippen LogP contribution in [0.4, 0.5) is 0 Å². The van der Waals surface area contributed by atoms with Crippen LogP contribution in [-0.2, 0) is 14.3 Å². The van der Waals surface area contributed by atoms with Gasteiger partial charge in [-0.05, 0) is 6.92 Å². The van der Waals surface area contributed by atoms with E-state index in [1.807, 2.05) is 0 Å². The third kappa shape index (κ3) is 6.15. The van der Waals surface area contributed by atoms with Crippen molar-refractivity contribution in [3.8, 4) is 0 Å². The van der Waals surface area contributed by atoms with E-state index in [2.05, 4.69) is 4.74 Å². The quantitative estimate of drug-likeness (QED) is 0.382. The average Bonchev–Trinajstić information content (AvgIpc) is 2.09. The molecule has 2 unspecified atom stereocenters. The Balaban J connectivity index is 3.93. The minimum atomic E-state index is -1.22. The molecule has 14 heavy (non-hydrogen) atoms. The molecule has 0 aromatic heterocycles. The van der Waals surface area contributed by atoms with E-state index in [1.165, 1.54) is 12.2 Å². The lowest BCUT2D eigenvalue weighted by Crippen LogP contribution is -2.32. The molecule has 0 saturated heterocycles. The second-order valence-corrected chi connectivity index (χ2v) is 2.77. The zero-order valence-corrected chi connectivity index (χ0v) is 7.84. The van der Waals surface area contributed by atoms with Crippen molar-refractivity contribution < 1.29 is 19.4 Å². The minimum absolute atomic E-state index is 0.215. The molecule has 6 nitrogen and oxygen atoms in total. The lowest BCUT2D eigenvalue weighted by Gasteiger charge is -2.05. The fraction of sp³-hybridized carbons (Fsp3) is 0.500. The first-order valence-electron chi connectivity index (χ1n) is 4.01. The molecule has 0 aromatic carbocycles. The van der Waals surface area contributed by atoms with E-state index in [1.54, 1.807) is 6.92 Å². The monoisotopic (exact) mass is 202 g/mol. The smallest absolute Gasteiger partial charge is 0.341 e. The maximum absolute atomic E-state index is 11.0. The van der Waals surface area contributed by atoms with Crippen LogP contribution in [0.5, 0.6) is 0 Å². The number of nitrogens with two attached hydrogens (primary N) is 2. The molecule has 0 aliphatic carbocycles. The van der Waals surface area contributed by atoms with Crippen molar-refractivity contribution >= 4 is 11.9 Å². The third-order valence-corrected chi connectivity index (χ3v) is 1.23. The zero-order valence-electron chi connectivity index (χ0n) is 7.84. The highest BCUT2D eigenvalue weighted by molar-refractivity contribution is 5.80. The van der Waals surface area contributed by atoms with E-state index in [4.69, 9.17) is 16.6 Å². The topological polar surface area (TPSA) is 116 Å². The van der Waals surface area contributed by atoms with Crippen LogP contribution in [0.25, 0.3) is 0 Å². The number of esters is 1. The van der Waals surface area contributed by atoms with Gasteiger partial charge in [0.1, 0.15) is 6.04 Å². The second-order valence-electron chi connectivity index (χ2n) is 2.77. The number of carbonyl (C=O) groups is 2. The highest BCUT2D eigenvalue weighted by atomic mass is 16.5. The zero-order chi connectivity index (χ0) is 11.1. The lowest BCUT2D eigenvalue weighted by atomic mass is 10.2. The summed E-state index contributed by atoms with van der Waals surface area (Å²) in [6.45, 7) is 1.03. The van der Waals surface area contributed by atoms with E-state index in [0.717, 1.165) is 0 Å². The van der Waals surface area contributed by atoms with Gasteiger partial charge in [0.25, 0.3) is 0 Å². The molecule has 0 spiro atoms. The molecular formula is C8H14N2O4. The number of carboxylic acid groups (broad SMARTS) is 1. The Labute approximate surface area is 81.5 Å². The first-order chi connectivity index (χ1) is 6.43. The molecule has 0 aromatic rings. The molecule has 0 radical (unpaired) electrons. The van der Waals surface area contributed by atoms with E-state index >= 15 is 0 Å². The summed E-state index contributed by atoms with van der Waals surface area (Å²) in [4.78, 5) is 21.0. The van der Waals surface area contributed by atoms with Crippen LogP contribution in [0, 0.1) is 0 Å². The van der Waals surface area contributed by atoms with Gasteiger partial charge in [-0.3, -0.25) is 4.79 Å². The number of hydrogen-bond acceptors (Lipinski definition) is 5. The predicted octanol–water partition coefficient (Wildman–Crippen LogP) is -1.16. The maximum Gasteiger partial charge on any atom is 0.341 e. The van der Waals surface area contributed by atoms with Crippen molar-refractivity contribution in [2.75, 3.05) is 6.61 Å². The maximum atomic E-state index is 11.0. The van der Waals surface area contributed by atoms with Crippen molar-refractivity contribution in [1.29, 1.82) is 0 Å². The number of aliphatic carboxylic acids is 1. The van der Waals surface area contributed by atoms with Gasteiger partial charge < -0.3 is 21.3 Å². The summed E-state index contributed by atoms with van der Waals surface area (Å²) in [6.07, 6.45) is 2.90. The lowest BCUT2D eigenvalue weighted by molar-refractivity contribution is -0.155. The van der Waals surface area contributed by atoms with E-state index in [9.17, 15) is 9.59 Å². The number of carboxylic acids is 1. The normalized spacial score (nSPS) is 15.1.